The zero-order valence-corrected chi connectivity index (χ0v) is 17.8. The number of Topliss-reactive ketones (excluding diaryl/α,β-unsaturated/α-hetero) is 1. The molecule has 0 unspecified atom stereocenters. The van der Waals surface area contributed by atoms with Crippen LogP contribution in [0.2, 0.25) is 0 Å². The molecule has 0 aliphatic heterocycles. The normalized spacial score (nSPS) is 36.9. The Labute approximate surface area is 164 Å². The van der Waals surface area contributed by atoms with Gasteiger partial charge in [-0.15, -0.1) is 0 Å². The predicted molar refractivity (Wildman–Crippen MR) is 106 cm³/mol. The summed E-state index contributed by atoms with van der Waals surface area (Å²) in [5, 5.41) is 0. The van der Waals surface area contributed by atoms with Crippen LogP contribution in [0.4, 0.5) is 0 Å². The third-order valence-electron chi connectivity index (χ3n) is 7.65. The number of allylic oxidation sites excluding steroid dienone is 2. The first-order valence-electron chi connectivity index (χ1n) is 9.38. The highest BCUT2D eigenvalue weighted by atomic mass is 79.9. The summed E-state index contributed by atoms with van der Waals surface area (Å²) in [6, 6.07) is 3.93. The van der Waals surface area contributed by atoms with E-state index in [0.29, 0.717) is 17.3 Å². The number of benzene rings is 1. The molecule has 26 heavy (non-hydrogen) atoms. The average molecular weight is 419 g/mol. The van der Waals surface area contributed by atoms with Gasteiger partial charge in [-0.05, 0) is 41.4 Å². The standard InChI is InChI=1S/C22H27BrO3/c1-20(2)8-6-9-21(3)18(19(24)14-7-10-22(14,20)21)13-11-16(25-4)17(26-5)12-15(13)23/h7,10-12,14,18H,6,8-9H2,1-5H3/t14-,18-,21-,22-/m0/s1. The van der Waals surface area contributed by atoms with E-state index < -0.39 is 0 Å². The van der Waals surface area contributed by atoms with Crippen LogP contribution in [-0.2, 0) is 4.79 Å². The molecule has 0 aromatic heterocycles. The number of carbonyl (C=O) groups is 1. The van der Waals surface area contributed by atoms with Gasteiger partial charge >= 0.3 is 0 Å². The molecule has 0 N–H and O–H groups in total. The van der Waals surface area contributed by atoms with Crippen molar-refractivity contribution in [1.82, 2.24) is 0 Å². The minimum Gasteiger partial charge on any atom is -0.493 e. The minimum absolute atomic E-state index is 0.0350. The fourth-order valence-corrected chi connectivity index (χ4v) is 7.00. The van der Waals surface area contributed by atoms with Gasteiger partial charge in [-0.1, -0.05) is 55.3 Å². The number of halogens is 1. The largest absolute Gasteiger partial charge is 0.493 e. The number of carbonyl (C=O) groups excluding carboxylic acids is 1. The van der Waals surface area contributed by atoms with Crippen molar-refractivity contribution in [3.8, 4) is 11.5 Å². The van der Waals surface area contributed by atoms with Gasteiger partial charge in [-0.2, -0.15) is 0 Å². The van der Waals surface area contributed by atoms with Crippen LogP contribution < -0.4 is 9.47 Å². The van der Waals surface area contributed by atoms with Crippen molar-refractivity contribution < 1.29 is 14.3 Å². The Morgan fingerprint density at radius 2 is 1.73 bits per heavy atom. The second-order valence-electron chi connectivity index (χ2n) is 8.92. The van der Waals surface area contributed by atoms with Crippen LogP contribution in [0.1, 0.15) is 51.5 Å². The molecule has 0 radical (unpaired) electrons. The molecule has 1 spiro atoms. The maximum Gasteiger partial charge on any atom is 0.161 e. The summed E-state index contributed by atoms with van der Waals surface area (Å²) in [6.45, 7) is 7.03. The highest BCUT2D eigenvalue weighted by Gasteiger charge is 2.73. The minimum atomic E-state index is -0.128. The monoisotopic (exact) mass is 418 g/mol. The van der Waals surface area contributed by atoms with Crippen molar-refractivity contribution in [2.45, 2.75) is 46.0 Å². The Bertz CT molecular complexity index is 812. The number of hydrogen-bond acceptors (Lipinski definition) is 3. The molecule has 0 amide bonds. The van der Waals surface area contributed by atoms with Gasteiger partial charge in [0.15, 0.2) is 11.5 Å². The van der Waals surface area contributed by atoms with Crippen LogP contribution in [0.3, 0.4) is 0 Å². The Hall–Kier alpha value is -1.29. The van der Waals surface area contributed by atoms with Gasteiger partial charge < -0.3 is 9.47 Å². The van der Waals surface area contributed by atoms with Crippen LogP contribution in [0, 0.1) is 22.2 Å². The highest BCUT2D eigenvalue weighted by molar-refractivity contribution is 9.10. The first-order chi connectivity index (χ1) is 12.2. The fourth-order valence-electron chi connectivity index (χ4n) is 6.44. The van der Waals surface area contributed by atoms with Crippen molar-refractivity contribution in [3.05, 3.63) is 34.3 Å². The van der Waals surface area contributed by atoms with Crippen molar-refractivity contribution in [3.63, 3.8) is 0 Å². The Balaban J connectivity index is 1.90. The molecule has 2 saturated carbocycles. The third-order valence-corrected chi connectivity index (χ3v) is 8.33. The molecule has 0 saturated heterocycles. The molecule has 140 valence electrons. The number of ether oxygens (including phenoxy) is 2. The van der Waals surface area contributed by atoms with E-state index in [2.05, 4.69) is 48.9 Å². The predicted octanol–water partition coefficient (Wildman–Crippen LogP) is 5.52. The molecule has 2 fully saturated rings. The molecule has 4 rings (SSSR count). The van der Waals surface area contributed by atoms with Gasteiger partial charge in [0.05, 0.1) is 20.1 Å². The van der Waals surface area contributed by atoms with E-state index in [-0.39, 0.29) is 28.1 Å². The Morgan fingerprint density at radius 1 is 1.08 bits per heavy atom. The summed E-state index contributed by atoms with van der Waals surface area (Å²) in [7, 11) is 3.28. The molecule has 1 aromatic carbocycles. The van der Waals surface area contributed by atoms with Crippen LogP contribution >= 0.6 is 15.9 Å². The van der Waals surface area contributed by atoms with E-state index >= 15 is 0 Å². The first kappa shape index (κ1) is 18.1. The van der Waals surface area contributed by atoms with E-state index in [1.165, 1.54) is 12.8 Å². The van der Waals surface area contributed by atoms with Gasteiger partial charge in [0.2, 0.25) is 0 Å². The highest BCUT2D eigenvalue weighted by Crippen LogP contribution is 2.77. The topological polar surface area (TPSA) is 35.5 Å². The Kier molecular flexibility index (Phi) is 3.90. The van der Waals surface area contributed by atoms with Gasteiger partial charge in [-0.25, -0.2) is 0 Å². The smallest absolute Gasteiger partial charge is 0.161 e. The molecule has 0 bridgehead atoms. The van der Waals surface area contributed by atoms with Crippen molar-refractivity contribution in [2.75, 3.05) is 14.2 Å². The molecule has 3 aliphatic carbocycles. The van der Waals surface area contributed by atoms with Crippen LogP contribution in [0.5, 0.6) is 11.5 Å². The summed E-state index contributed by atoms with van der Waals surface area (Å²) < 4.78 is 11.9. The summed E-state index contributed by atoms with van der Waals surface area (Å²) in [6.07, 6.45) is 7.91. The lowest BCUT2D eigenvalue weighted by Crippen LogP contribution is -2.56. The van der Waals surface area contributed by atoms with Crippen molar-refractivity contribution in [1.29, 1.82) is 0 Å². The van der Waals surface area contributed by atoms with Gasteiger partial charge in [0.1, 0.15) is 5.78 Å². The maximum absolute atomic E-state index is 13.6. The number of hydrogen-bond donors (Lipinski definition) is 0. The molecule has 0 heterocycles. The quantitative estimate of drug-likeness (QED) is 0.605. The lowest BCUT2D eigenvalue weighted by molar-refractivity contribution is -0.123. The van der Waals surface area contributed by atoms with E-state index in [1.54, 1.807) is 14.2 Å². The SMILES string of the molecule is COc1cc(Br)c([C@H]2C(=O)[C@@H]3C=C[C@@]34C(C)(C)CCC[C@@]24C)cc1OC. The van der Waals surface area contributed by atoms with Gasteiger partial charge in [-0.3, -0.25) is 4.79 Å². The maximum atomic E-state index is 13.6. The number of rotatable bonds is 3. The average Bonchev–Trinajstić information content (AvgIpc) is 2.67. The summed E-state index contributed by atoms with van der Waals surface area (Å²) in [4.78, 5) is 13.6. The lowest BCUT2D eigenvalue weighted by atomic mass is 9.41. The zero-order chi connectivity index (χ0) is 18.9. The van der Waals surface area contributed by atoms with Crippen molar-refractivity contribution >= 4 is 21.7 Å². The Morgan fingerprint density at radius 3 is 2.31 bits per heavy atom. The van der Waals surface area contributed by atoms with Gasteiger partial charge in [0.25, 0.3) is 0 Å². The van der Waals surface area contributed by atoms with Crippen LogP contribution in [-0.4, -0.2) is 20.0 Å². The van der Waals surface area contributed by atoms with Crippen LogP contribution in [0.25, 0.3) is 0 Å². The number of methoxy groups -OCH3 is 2. The van der Waals surface area contributed by atoms with E-state index in [9.17, 15) is 4.79 Å². The third kappa shape index (κ3) is 1.92. The molecule has 3 nitrogen and oxygen atoms in total. The molecule has 3 aliphatic rings. The number of ketones is 1. The second-order valence-corrected chi connectivity index (χ2v) is 9.78. The van der Waals surface area contributed by atoms with E-state index in [1.807, 2.05) is 12.1 Å². The van der Waals surface area contributed by atoms with E-state index in [4.69, 9.17) is 9.47 Å². The van der Waals surface area contributed by atoms with E-state index in [0.717, 1.165) is 16.5 Å². The summed E-state index contributed by atoms with van der Waals surface area (Å²) in [5.74, 6) is 1.62. The summed E-state index contributed by atoms with van der Waals surface area (Å²) in [5.41, 5.74) is 1.05. The molecular weight excluding hydrogens is 392 g/mol. The molecular formula is C22H27BrO3. The summed E-state index contributed by atoms with van der Waals surface area (Å²) >= 11 is 3.71. The zero-order valence-electron chi connectivity index (χ0n) is 16.2. The van der Waals surface area contributed by atoms with Gasteiger partial charge in [0, 0.05) is 15.8 Å². The lowest BCUT2D eigenvalue weighted by Gasteiger charge is -2.62. The fraction of sp³-hybridized carbons (Fsp3) is 0.591. The van der Waals surface area contributed by atoms with Crippen LogP contribution in [0.15, 0.2) is 28.8 Å². The molecule has 4 heteroatoms. The first-order valence-corrected chi connectivity index (χ1v) is 10.2. The second kappa shape index (κ2) is 5.60. The molecule has 1 aromatic rings. The van der Waals surface area contributed by atoms with Crippen molar-refractivity contribution in [2.24, 2.45) is 22.2 Å². The molecule has 4 atom stereocenters.